The van der Waals surface area contributed by atoms with Crippen LogP contribution in [0.25, 0.3) is 11.1 Å². The summed E-state index contributed by atoms with van der Waals surface area (Å²) in [5, 5.41) is 2.87. The van der Waals surface area contributed by atoms with Crippen molar-refractivity contribution in [2.24, 2.45) is 0 Å². The maximum absolute atomic E-state index is 13.7. The summed E-state index contributed by atoms with van der Waals surface area (Å²) < 4.78 is 40.9. The van der Waals surface area contributed by atoms with Crippen molar-refractivity contribution in [1.29, 1.82) is 0 Å². The van der Waals surface area contributed by atoms with Gasteiger partial charge >= 0.3 is 0 Å². The smallest absolute Gasteiger partial charge is 0.230 e. The van der Waals surface area contributed by atoms with Gasteiger partial charge in [0.05, 0.1) is 10.4 Å². The second kappa shape index (κ2) is 7.23. The largest absolute Gasteiger partial charge is 0.351 e. The van der Waals surface area contributed by atoms with E-state index in [4.69, 9.17) is 11.6 Å². The van der Waals surface area contributed by atoms with Crippen molar-refractivity contribution in [2.75, 3.05) is 0 Å². The summed E-state index contributed by atoms with van der Waals surface area (Å²) in [7, 11) is 0. The molecule has 4 rings (SSSR count). The number of fused-ring (bicyclic) bond motifs is 1. The lowest BCUT2D eigenvalue weighted by atomic mass is 9.72. The summed E-state index contributed by atoms with van der Waals surface area (Å²) in [6.45, 7) is 2.12. The second-order valence-corrected chi connectivity index (χ2v) is 7.88. The van der Waals surface area contributed by atoms with Crippen LogP contribution in [-0.4, -0.2) is 5.91 Å². The Balaban J connectivity index is 1.81. The Kier molecular flexibility index (Phi) is 4.87. The number of benzene rings is 3. The average molecular weight is 416 g/mol. The molecule has 148 valence electrons. The molecule has 1 heterocycles. The number of halogens is 4. The minimum Gasteiger partial charge on any atom is -0.351 e. The van der Waals surface area contributed by atoms with E-state index in [0.717, 1.165) is 22.8 Å². The summed E-state index contributed by atoms with van der Waals surface area (Å²) in [6, 6.07) is 13.3. The lowest BCUT2D eigenvalue weighted by molar-refractivity contribution is -0.127. The lowest BCUT2D eigenvalue weighted by Gasteiger charge is -2.35. The number of carbonyl (C=O) groups is 1. The molecule has 3 aromatic carbocycles. The van der Waals surface area contributed by atoms with Crippen LogP contribution in [0.2, 0.25) is 5.02 Å². The molecule has 29 heavy (non-hydrogen) atoms. The predicted octanol–water partition coefficient (Wildman–Crippen LogP) is 5.55. The van der Waals surface area contributed by atoms with Crippen molar-refractivity contribution in [3.05, 3.63) is 93.8 Å². The zero-order chi connectivity index (χ0) is 20.8. The SMILES string of the molecule is C[C@]1(Cc2cc(F)cc(F)c2)C(=O)NCc2ccc(-c3ccc(F)c(Cl)c3)cc21. The fourth-order valence-electron chi connectivity index (χ4n) is 3.89. The Morgan fingerprint density at radius 2 is 1.62 bits per heavy atom. The van der Waals surface area contributed by atoms with Crippen LogP contribution < -0.4 is 5.32 Å². The van der Waals surface area contributed by atoms with Gasteiger partial charge in [0.1, 0.15) is 17.5 Å². The molecule has 1 N–H and O–H groups in total. The normalized spacial score (nSPS) is 18.3. The van der Waals surface area contributed by atoms with E-state index in [1.165, 1.54) is 24.3 Å². The van der Waals surface area contributed by atoms with Crippen molar-refractivity contribution in [2.45, 2.75) is 25.3 Å². The molecule has 0 aliphatic carbocycles. The molecule has 0 saturated heterocycles. The van der Waals surface area contributed by atoms with Crippen LogP contribution >= 0.6 is 11.6 Å². The third kappa shape index (κ3) is 3.62. The van der Waals surface area contributed by atoms with Crippen LogP contribution in [0.15, 0.2) is 54.6 Å². The van der Waals surface area contributed by atoms with Crippen molar-refractivity contribution in [3.63, 3.8) is 0 Å². The molecule has 0 unspecified atom stereocenters. The van der Waals surface area contributed by atoms with Gasteiger partial charge < -0.3 is 5.32 Å². The van der Waals surface area contributed by atoms with Crippen molar-refractivity contribution >= 4 is 17.5 Å². The van der Waals surface area contributed by atoms with Gasteiger partial charge in [-0.1, -0.05) is 29.8 Å². The minimum absolute atomic E-state index is 0.0101. The number of nitrogens with one attached hydrogen (secondary N) is 1. The molecule has 0 fully saturated rings. The fourth-order valence-corrected chi connectivity index (χ4v) is 4.07. The highest BCUT2D eigenvalue weighted by atomic mass is 35.5. The molecule has 1 atom stereocenters. The monoisotopic (exact) mass is 415 g/mol. The van der Waals surface area contributed by atoms with Crippen LogP contribution in [0.3, 0.4) is 0 Å². The molecule has 0 radical (unpaired) electrons. The number of amides is 1. The van der Waals surface area contributed by atoms with Gasteiger partial charge in [-0.25, -0.2) is 13.2 Å². The molecule has 0 aromatic heterocycles. The first-order valence-corrected chi connectivity index (χ1v) is 9.46. The Labute approximate surface area is 171 Å². The van der Waals surface area contributed by atoms with Crippen molar-refractivity contribution < 1.29 is 18.0 Å². The number of hydrogen-bond donors (Lipinski definition) is 1. The van der Waals surface area contributed by atoms with Gasteiger partial charge in [0.25, 0.3) is 0 Å². The van der Waals surface area contributed by atoms with Crippen molar-refractivity contribution in [3.8, 4) is 11.1 Å². The summed E-state index contributed by atoms with van der Waals surface area (Å²) >= 11 is 5.91. The van der Waals surface area contributed by atoms with E-state index in [2.05, 4.69) is 5.32 Å². The van der Waals surface area contributed by atoms with E-state index < -0.39 is 22.9 Å². The third-order valence-electron chi connectivity index (χ3n) is 5.38. The summed E-state index contributed by atoms with van der Waals surface area (Å²) in [5.74, 6) is -2.10. The van der Waals surface area contributed by atoms with Gasteiger partial charge in [0, 0.05) is 12.6 Å². The van der Waals surface area contributed by atoms with Crippen LogP contribution in [0.1, 0.15) is 23.6 Å². The van der Waals surface area contributed by atoms with Gasteiger partial charge in [-0.2, -0.15) is 0 Å². The minimum atomic E-state index is -1.02. The Morgan fingerprint density at radius 3 is 2.31 bits per heavy atom. The molecule has 6 heteroatoms. The fraction of sp³-hybridized carbons (Fsp3) is 0.174. The molecule has 0 saturated carbocycles. The third-order valence-corrected chi connectivity index (χ3v) is 5.67. The van der Waals surface area contributed by atoms with Crippen LogP contribution in [0, 0.1) is 17.5 Å². The van der Waals surface area contributed by atoms with Gasteiger partial charge in [0.15, 0.2) is 0 Å². The first kappa shape index (κ1) is 19.5. The maximum atomic E-state index is 13.7. The maximum Gasteiger partial charge on any atom is 0.230 e. The van der Waals surface area contributed by atoms with E-state index in [-0.39, 0.29) is 17.4 Å². The van der Waals surface area contributed by atoms with Crippen LogP contribution in [0.4, 0.5) is 13.2 Å². The van der Waals surface area contributed by atoms with Crippen molar-refractivity contribution in [1.82, 2.24) is 5.32 Å². The molecule has 1 aliphatic heterocycles. The van der Waals surface area contributed by atoms with E-state index in [1.54, 1.807) is 13.0 Å². The Bertz CT molecular complexity index is 1110. The van der Waals surface area contributed by atoms with Gasteiger partial charge in [-0.3, -0.25) is 4.79 Å². The highest BCUT2D eigenvalue weighted by molar-refractivity contribution is 6.31. The first-order valence-electron chi connectivity index (χ1n) is 9.08. The highest BCUT2D eigenvalue weighted by Gasteiger charge is 2.40. The highest BCUT2D eigenvalue weighted by Crippen LogP contribution is 2.37. The zero-order valence-corrected chi connectivity index (χ0v) is 16.3. The molecular weight excluding hydrogens is 399 g/mol. The van der Waals surface area contributed by atoms with Gasteiger partial charge in [0.2, 0.25) is 5.91 Å². The molecule has 1 aliphatic rings. The average Bonchev–Trinajstić information content (AvgIpc) is 2.66. The Hall–Kier alpha value is -2.79. The van der Waals surface area contributed by atoms with Gasteiger partial charge in [-0.05, 0) is 71.5 Å². The predicted molar refractivity (Wildman–Crippen MR) is 106 cm³/mol. The van der Waals surface area contributed by atoms with Gasteiger partial charge in [-0.15, -0.1) is 0 Å². The first-order chi connectivity index (χ1) is 13.8. The number of carbonyl (C=O) groups excluding carboxylic acids is 1. The van der Waals surface area contributed by atoms with Crippen LogP contribution in [-0.2, 0) is 23.2 Å². The summed E-state index contributed by atoms with van der Waals surface area (Å²) in [5.41, 5.74) is 2.54. The number of hydrogen-bond acceptors (Lipinski definition) is 1. The zero-order valence-electron chi connectivity index (χ0n) is 15.5. The summed E-state index contributed by atoms with van der Waals surface area (Å²) in [4.78, 5) is 12.8. The van der Waals surface area contributed by atoms with E-state index in [1.807, 2.05) is 18.2 Å². The standard InChI is InChI=1S/C23H17ClF3NO/c1-23(11-13-6-17(25)10-18(26)7-13)19-8-14(2-3-16(19)12-28-22(23)29)15-4-5-21(27)20(24)9-15/h2-10H,11-12H2,1H3,(H,28,29)/t23-/m1/s1. The molecule has 3 aromatic rings. The molecule has 0 spiro atoms. The van der Waals surface area contributed by atoms with E-state index in [9.17, 15) is 18.0 Å². The lowest BCUT2D eigenvalue weighted by Crippen LogP contribution is -2.48. The van der Waals surface area contributed by atoms with E-state index in [0.29, 0.717) is 17.7 Å². The quantitative estimate of drug-likeness (QED) is 0.596. The van der Waals surface area contributed by atoms with E-state index >= 15 is 0 Å². The molecular formula is C23H17ClF3NO. The number of rotatable bonds is 3. The topological polar surface area (TPSA) is 29.1 Å². The van der Waals surface area contributed by atoms with Crippen LogP contribution in [0.5, 0.6) is 0 Å². The Morgan fingerprint density at radius 1 is 0.966 bits per heavy atom. The molecule has 1 amide bonds. The molecule has 2 nitrogen and oxygen atoms in total. The summed E-state index contributed by atoms with van der Waals surface area (Å²) in [6.07, 6.45) is 0.133. The second-order valence-electron chi connectivity index (χ2n) is 7.47. The molecule has 0 bridgehead atoms.